The molecule has 3 rings (SSSR count). The Morgan fingerprint density at radius 2 is 2.10 bits per heavy atom. The summed E-state index contributed by atoms with van der Waals surface area (Å²) in [7, 11) is 1.85. The van der Waals surface area contributed by atoms with Crippen molar-refractivity contribution in [1.82, 2.24) is 24.5 Å². The Labute approximate surface area is 122 Å². The molecule has 21 heavy (non-hydrogen) atoms. The maximum Gasteiger partial charge on any atom is 0.191 e. The number of aryl methyl sites for hydroxylation is 2. The molecule has 0 saturated carbocycles. The summed E-state index contributed by atoms with van der Waals surface area (Å²) in [5.41, 5.74) is 1.45. The Balaban J connectivity index is 1.92. The van der Waals surface area contributed by atoms with Gasteiger partial charge in [0.15, 0.2) is 5.78 Å². The second-order valence-corrected chi connectivity index (χ2v) is 4.99. The molecule has 1 aromatic carbocycles. The quantitative estimate of drug-likeness (QED) is 0.672. The first-order valence-corrected chi connectivity index (χ1v) is 7.02. The van der Waals surface area contributed by atoms with Gasteiger partial charge in [-0.3, -0.25) is 9.48 Å². The van der Waals surface area contributed by atoms with Crippen LogP contribution in [0.15, 0.2) is 30.6 Å². The maximum absolute atomic E-state index is 12.5. The molecule has 0 radical (unpaired) electrons. The highest BCUT2D eigenvalue weighted by Gasteiger charge is 2.18. The molecule has 0 aliphatic heterocycles. The molecule has 0 atom stereocenters. The number of ketones is 1. The van der Waals surface area contributed by atoms with Crippen molar-refractivity contribution in [3.63, 3.8) is 0 Å². The molecule has 6 nitrogen and oxygen atoms in total. The van der Waals surface area contributed by atoms with Crippen LogP contribution in [-0.4, -0.2) is 30.3 Å². The molecule has 0 fully saturated rings. The molecule has 108 valence electrons. The van der Waals surface area contributed by atoms with Crippen molar-refractivity contribution < 1.29 is 4.79 Å². The van der Waals surface area contributed by atoms with Gasteiger partial charge in [0.1, 0.15) is 17.8 Å². The highest BCUT2D eigenvalue weighted by molar-refractivity contribution is 6.06. The van der Waals surface area contributed by atoms with E-state index < -0.39 is 0 Å². The van der Waals surface area contributed by atoms with Crippen LogP contribution < -0.4 is 0 Å². The minimum atomic E-state index is -0.0304. The molecule has 0 aliphatic carbocycles. The van der Waals surface area contributed by atoms with E-state index in [1.54, 1.807) is 9.36 Å². The number of aromatic nitrogens is 5. The van der Waals surface area contributed by atoms with E-state index in [4.69, 9.17) is 0 Å². The van der Waals surface area contributed by atoms with Crippen LogP contribution in [0, 0.1) is 0 Å². The van der Waals surface area contributed by atoms with Gasteiger partial charge in [-0.25, -0.2) is 9.67 Å². The highest BCUT2D eigenvalue weighted by Crippen LogP contribution is 2.18. The van der Waals surface area contributed by atoms with Crippen LogP contribution in [0.5, 0.6) is 0 Å². The lowest BCUT2D eigenvalue weighted by Crippen LogP contribution is -2.12. The third-order valence-electron chi connectivity index (χ3n) is 3.47. The number of Topliss-reactive ketones (excluding diaryl/α,β-unsaturated/α-hetero) is 1. The highest BCUT2D eigenvalue weighted by atomic mass is 16.1. The van der Waals surface area contributed by atoms with Crippen LogP contribution in [0.2, 0.25) is 0 Å². The number of hydrogen-bond donors (Lipinski definition) is 0. The van der Waals surface area contributed by atoms with E-state index in [1.165, 1.54) is 6.33 Å². The summed E-state index contributed by atoms with van der Waals surface area (Å²) in [6, 6.07) is 7.74. The third-order valence-corrected chi connectivity index (χ3v) is 3.47. The Morgan fingerprint density at radius 3 is 2.90 bits per heavy atom. The van der Waals surface area contributed by atoms with Gasteiger partial charge >= 0.3 is 0 Å². The first-order valence-electron chi connectivity index (χ1n) is 7.02. The summed E-state index contributed by atoms with van der Waals surface area (Å²) in [5, 5.41) is 9.38. The van der Waals surface area contributed by atoms with Gasteiger partial charge in [-0.2, -0.15) is 10.2 Å². The molecule has 0 saturated heterocycles. The first kappa shape index (κ1) is 13.5. The van der Waals surface area contributed by atoms with Gasteiger partial charge in [0.2, 0.25) is 0 Å². The minimum Gasteiger partial charge on any atom is -0.292 e. The standard InChI is InChI=1S/C15H17N5O/c1-3-8-20-14(16-10-17-20)9-13(21)15-11-6-4-5-7-12(11)19(2)18-15/h4-7,10H,3,8-9H2,1-2H3. The summed E-state index contributed by atoms with van der Waals surface area (Å²) in [6.07, 6.45) is 2.67. The first-order chi connectivity index (χ1) is 10.2. The molecule has 2 heterocycles. The summed E-state index contributed by atoms with van der Waals surface area (Å²) >= 11 is 0. The fourth-order valence-corrected chi connectivity index (χ4v) is 2.47. The molecule has 2 aromatic heterocycles. The van der Waals surface area contributed by atoms with Crippen molar-refractivity contribution in [2.75, 3.05) is 0 Å². The monoisotopic (exact) mass is 283 g/mol. The summed E-state index contributed by atoms with van der Waals surface area (Å²) in [6.45, 7) is 2.84. The molecule has 6 heteroatoms. The average Bonchev–Trinajstić information content (AvgIpc) is 3.05. The van der Waals surface area contributed by atoms with Gasteiger partial charge < -0.3 is 0 Å². The summed E-state index contributed by atoms with van der Waals surface area (Å²) in [5.74, 6) is 0.661. The molecule has 0 spiro atoms. The maximum atomic E-state index is 12.5. The lowest BCUT2D eigenvalue weighted by atomic mass is 10.1. The average molecular weight is 283 g/mol. The molecule has 0 N–H and O–H groups in total. The number of benzene rings is 1. The van der Waals surface area contributed by atoms with E-state index in [9.17, 15) is 4.79 Å². The number of rotatable bonds is 5. The van der Waals surface area contributed by atoms with Gasteiger partial charge in [0, 0.05) is 19.0 Å². The normalized spacial score (nSPS) is 11.1. The van der Waals surface area contributed by atoms with Gasteiger partial charge in [-0.1, -0.05) is 25.1 Å². The Hall–Kier alpha value is -2.50. The van der Waals surface area contributed by atoms with Crippen LogP contribution >= 0.6 is 0 Å². The SMILES string of the molecule is CCCn1ncnc1CC(=O)c1nn(C)c2ccccc12. The Kier molecular flexibility index (Phi) is 3.51. The van der Waals surface area contributed by atoms with Crippen LogP contribution in [0.1, 0.15) is 29.7 Å². The predicted molar refractivity (Wildman–Crippen MR) is 79.1 cm³/mol. The van der Waals surface area contributed by atoms with Crippen molar-refractivity contribution in [2.24, 2.45) is 7.05 Å². The molecular formula is C15H17N5O. The molecule has 0 amide bonds. The fraction of sp³-hybridized carbons (Fsp3) is 0.333. The largest absolute Gasteiger partial charge is 0.292 e. The molecular weight excluding hydrogens is 266 g/mol. The summed E-state index contributed by atoms with van der Waals surface area (Å²) in [4.78, 5) is 16.7. The van der Waals surface area contributed by atoms with Crippen LogP contribution in [0.4, 0.5) is 0 Å². The number of carbonyl (C=O) groups is 1. The van der Waals surface area contributed by atoms with Crippen LogP contribution in [0.25, 0.3) is 10.9 Å². The molecule has 3 aromatic rings. The second-order valence-electron chi connectivity index (χ2n) is 4.99. The van der Waals surface area contributed by atoms with Gasteiger partial charge in [0.25, 0.3) is 0 Å². The number of hydrogen-bond acceptors (Lipinski definition) is 4. The smallest absolute Gasteiger partial charge is 0.191 e. The van der Waals surface area contributed by atoms with Gasteiger partial charge in [0.05, 0.1) is 11.9 Å². The van der Waals surface area contributed by atoms with Crippen LogP contribution in [0.3, 0.4) is 0 Å². The minimum absolute atomic E-state index is 0.0304. The second kappa shape index (κ2) is 5.47. The number of fused-ring (bicyclic) bond motifs is 1. The van der Waals surface area contributed by atoms with Crippen molar-refractivity contribution >= 4 is 16.7 Å². The topological polar surface area (TPSA) is 65.6 Å². The van der Waals surface area contributed by atoms with Crippen molar-refractivity contribution in [2.45, 2.75) is 26.3 Å². The molecule has 0 aliphatic rings. The van der Waals surface area contributed by atoms with Gasteiger partial charge in [-0.15, -0.1) is 0 Å². The summed E-state index contributed by atoms with van der Waals surface area (Å²) < 4.78 is 3.52. The zero-order chi connectivity index (χ0) is 14.8. The predicted octanol–water partition coefficient (Wildman–Crippen LogP) is 2.00. The third kappa shape index (κ3) is 2.44. The van der Waals surface area contributed by atoms with Gasteiger partial charge in [-0.05, 0) is 12.5 Å². The fourth-order valence-electron chi connectivity index (χ4n) is 2.47. The zero-order valence-corrected chi connectivity index (χ0v) is 12.2. The number of carbonyl (C=O) groups excluding carboxylic acids is 1. The van der Waals surface area contributed by atoms with E-state index in [0.717, 1.165) is 23.9 Å². The number of para-hydroxylation sites is 1. The lowest BCUT2D eigenvalue weighted by Gasteiger charge is -2.02. The van der Waals surface area contributed by atoms with Crippen LogP contribution in [-0.2, 0) is 20.0 Å². The lowest BCUT2D eigenvalue weighted by molar-refractivity contribution is 0.0985. The Bertz CT molecular complexity index is 786. The van der Waals surface area contributed by atoms with E-state index in [2.05, 4.69) is 22.1 Å². The van der Waals surface area contributed by atoms with E-state index in [1.807, 2.05) is 31.3 Å². The Morgan fingerprint density at radius 1 is 1.29 bits per heavy atom. The van der Waals surface area contributed by atoms with Crippen molar-refractivity contribution in [1.29, 1.82) is 0 Å². The zero-order valence-electron chi connectivity index (χ0n) is 12.2. The van der Waals surface area contributed by atoms with Crippen molar-refractivity contribution in [3.05, 3.63) is 42.1 Å². The van der Waals surface area contributed by atoms with E-state index >= 15 is 0 Å². The molecule has 0 unspecified atom stereocenters. The molecule has 0 bridgehead atoms. The van der Waals surface area contributed by atoms with Crippen molar-refractivity contribution in [3.8, 4) is 0 Å². The number of nitrogens with zero attached hydrogens (tertiary/aromatic N) is 5. The van der Waals surface area contributed by atoms with E-state index in [0.29, 0.717) is 11.5 Å². The van der Waals surface area contributed by atoms with E-state index in [-0.39, 0.29) is 12.2 Å².